The minimum atomic E-state index is -4.50. The van der Waals surface area contributed by atoms with Crippen LogP contribution in [0.1, 0.15) is 18.1 Å². The quantitative estimate of drug-likeness (QED) is 0.651. The molecule has 0 spiro atoms. The van der Waals surface area contributed by atoms with Crippen LogP contribution in [0.2, 0.25) is 0 Å². The molecule has 2 aromatic carbocycles. The summed E-state index contributed by atoms with van der Waals surface area (Å²) in [5.41, 5.74) is 2.31. The lowest BCUT2D eigenvalue weighted by Gasteiger charge is -2.12. The van der Waals surface area contributed by atoms with Gasteiger partial charge in [0.2, 0.25) is 10.0 Å². The first-order chi connectivity index (χ1) is 11.1. The van der Waals surface area contributed by atoms with Gasteiger partial charge in [-0.05, 0) is 36.8 Å². The van der Waals surface area contributed by atoms with E-state index in [9.17, 15) is 21.6 Å². The third-order valence-corrected chi connectivity index (χ3v) is 4.11. The highest BCUT2D eigenvalue weighted by atomic mass is 32.2. The molecule has 0 aliphatic rings. The monoisotopic (exact) mass is 357 g/mol. The van der Waals surface area contributed by atoms with Gasteiger partial charge >= 0.3 is 6.18 Å². The van der Waals surface area contributed by atoms with Crippen LogP contribution < -0.4 is 10.6 Å². The summed E-state index contributed by atoms with van der Waals surface area (Å²) >= 11 is 0. The van der Waals surface area contributed by atoms with Gasteiger partial charge in [-0.15, -0.1) is 0 Å². The minimum absolute atomic E-state index is 0.0607. The topological polar surface area (TPSA) is 84.5 Å². The van der Waals surface area contributed by atoms with Crippen LogP contribution in [-0.4, -0.2) is 14.1 Å². The standard InChI is InChI=1S/C15H14F3N3O2S/c1-10(11-6-8-12(9-7-11)24(19,22)23)20-21-14-5-3-2-4-13(14)15(16,17)18/h2-9,21H,1H3,(H2,19,22,23)/b20-10+. The molecule has 9 heteroatoms. The van der Waals surface area contributed by atoms with Crippen LogP contribution in [0.15, 0.2) is 58.5 Å². The molecule has 0 amide bonds. The second-order valence-corrected chi connectivity index (χ2v) is 6.48. The van der Waals surface area contributed by atoms with E-state index in [-0.39, 0.29) is 10.6 Å². The van der Waals surface area contributed by atoms with Crippen LogP contribution in [0.4, 0.5) is 18.9 Å². The summed E-state index contributed by atoms with van der Waals surface area (Å²) in [7, 11) is -3.80. The van der Waals surface area contributed by atoms with E-state index in [1.165, 1.54) is 42.5 Å². The van der Waals surface area contributed by atoms with Crippen molar-refractivity contribution in [2.24, 2.45) is 10.2 Å². The average molecular weight is 357 g/mol. The zero-order valence-corrected chi connectivity index (χ0v) is 13.3. The third kappa shape index (κ3) is 4.33. The third-order valence-electron chi connectivity index (χ3n) is 3.18. The SMILES string of the molecule is C/C(=N\Nc1ccccc1C(F)(F)F)c1ccc(S(N)(=O)=O)cc1. The van der Waals surface area contributed by atoms with Crippen molar-refractivity contribution in [2.75, 3.05) is 5.43 Å². The summed E-state index contributed by atoms with van der Waals surface area (Å²) in [6.45, 7) is 1.58. The summed E-state index contributed by atoms with van der Waals surface area (Å²) < 4.78 is 61.1. The zero-order valence-electron chi connectivity index (χ0n) is 12.5. The van der Waals surface area contributed by atoms with Gasteiger partial charge in [0.25, 0.3) is 0 Å². The van der Waals surface area contributed by atoms with Crippen LogP contribution in [0.25, 0.3) is 0 Å². The highest BCUT2D eigenvalue weighted by molar-refractivity contribution is 7.89. The summed E-state index contributed by atoms with van der Waals surface area (Å²) in [5, 5.41) is 8.91. The van der Waals surface area contributed by atoms with Crippen molar-refractivity contribution in [3.63, 3.8) is 0 Å². The number of nitrogens with zero attached hydrogens (tertiary/aromatic N) is 1. The summed E-state index contributed by atoms with van der Waals surface area (Å²) in [5.74, 6) is 0. The van der Waals surface area contributed by atoms with E-state index in [1.807, 2.05) is 0 Å². The van der Waals surface area contributed by atoms with E-state index in [4.69, 9.17) is 5.14 Å². The Hall–Kier alpha value is -2.39. The smallest absolute Gasteiger partial charge is 0.278 e. The maximum atomic E-state index is 12.9. The molecule has 0 fully saturated rings. The Morgan fingerprint density at radius 3 is 2.21 bits per heavy atom. The van der Waals surface area contributed by atoms with Crippen molar-refractivity contribution in [3.8, 4) is 0 Å². The summed E-state index contributed by atoms with van der Waals surface area (Å²) in [6, 6.07) is 10.5. The number of nitrogens with one attached hydrogen (secondary N) is 1. The number of anilines is 1. The number of halogens is 3. The Labute approximate surface area is 137 Å². The second-order valence-electron chi connectivity index (χ2n) is 4.92. The first-order valence-electron chi connectivity index (χ1n) is 6.69. The first-order valence-corrected chi connectivity index (χ1v) is 8.23. The van der Waals surface area contributed by atoms with E-state index in [0.29, 0.717) is 11.3 Å². The number of para-hydroxylation sites is 1. The molecule has 0 saturated carbocycles. The molecule has 2 aromatic rings. The number of primary sulfonamides is 1. The van der Waals surface area contributed by atoms with Gasteiger partial charge in [-0.1, -0.05) is 24.3 Å². The van der Waals surface area contributed by atoms with Crippen LogP contribution in [0.5, 0.6) is 0 Å². The van der Waals surface area contributed by atoms with Crippen LogP contribution in [-0.2, 0) is 16.2 Å². The number of nitrogens with two attached hydrogens (primary N) is 1. The lowest BCUT2D eigenvalue weighted by atomic mass is 10.1. The number of benzene rings is 2. The number of hydrazone groups is 1. The number of sulfonamides is 1. The van der Waals surface area contributed by atoms with Crippen molar-refractivity contribution in [2.45, 2.75) is 18.0 Å². The van der Waals surface area contributed by atoms with Crippen LogP contribution in [0.3, 0.4) is 0 Å². The highest BCUT2D eigenvalue weighted by Crippen LogP contribution is 2.34. The predicted molar refractivity (Wildman–Crippen MR) is 85.1 cm³/mol. The molecule has 0 aliphatic heterocycles. The number of hydrogen-bond acceptors (Lipinski definition) is 4. The lowest BCUT2D eigenvalue weighted by Crippen LogP contribution is -2.12. The molecule has 0 unspecified atom stereocenters. The molecule has 0 bridgehead atoms. The Morgan fingerprint density at radius 2 is 1.67 bits per heavy atom. The van der Waals surface area contributed by atoms with Gasteiger partial charge in [-0.3, -0.25) is 5.43 Å². The van der Waals surface area contributed by atoms with Crippen molar-refractivity contribution >= 4 is 21.4 Å². The lowest BCUT2D eigenvalue weighted by molar-refractivity contribution is -0.136. The Balaban J connectivity index is 2.24. The van der Waals surface area contributed by atoms with Crippen molar-refractivity contribution in [1.29, 1.82) is 0 Å². The van der Waals surface area contributed by atoms with Gasteiger partial charge in [0, 0.05) is 0 Å². The minimum Gasteiger partial charge on any atom is -0.278 e. The van der Waals surface area contributed by atoms with E-state index in [2.05, 4.69) is 10.5 Å². The van der Waals surface area contributed by atoms with Crippen molar-refractivity contribution < 1.29 is 21.6 Å². The fourth-order valence-electron chi connectivity index (χ4n) is 1.92. The molecule has 5 nitrogen and oxygen atoms in total. The van der Waals surface area contributed by atoms with Gasteiger partial charge in [-0.25, -0.2) is 13.6 Å². The molecule has 0 atom stereocenters. The molecular formula is C15H14F3N3O2S. The van der Waals surface area contributed by atoms with Gasteiger partial charge in [0.05, 0.1) is 21.9 Å². The fourth-order valence-corrected chi connectivity index (χ4v) is 2.44. The number of alkyl halides is 3. The number of hydrogen-bond donors (Lipinski definition) is 2. The number of rotatable bonds is 4. The van der Waals surface area contributed by atoms with Gasteiger partial charge in [0.1, 0.15) is 0 Å². The first kappa shape index (κ1) is 18.0. The molecule has 2 rings (SSSR count). The Kier molecular flexibility index (Phi) is 4.95. The van der Waals surface area contributed by atoms with Crippen LogP contribution in [0, 0.1) is 0 Å². The molecule has 0 aliphatic carbocycles. The molecule has 0 aromatic heterocycles. The maximum Gasteiger partial charge on any atom is 0.418 e. The van der Waals surface area contributed by atoms with Gasteiger partial charge < -0.3 is 0 Å². The largest absolute Gasteiger partial charge is 0.418 e. The molecule has 128 valence electrons. The molecule has 0 radical (unpaired) electrons. The fraction of sp³-hybridized carbons (Fsp3) is 0.133. The van der Waals surface area contributed by atoms with E-state index >= 15 is 0 Å². The molecular weight excluding hydrogens is 343 g/mol. The summed E-state index contributed by atoms with van der Waals surface area (Å²) in [4.78, 5) is -0.0607. The Morgan fingerprint density at radius 1 is 1.08 bits per heavy atom. The van der Waals surface area contributed by atoms with Crippen molar-refractivity contribution in [3.05, 3.63) is 59.7 Å². The highest BCUT2D eigenvalue weighted by Gasteiger charge is 2.33. The van der Waals surface area contributed by atoms with Gasteiger partial charge in [0.15, 0.2) is 0 Å². The molecule has 0 heterocycles. The molecule has 24 heavy (non-hydrogen) atoms. The predicted octanol–water partition coefficient (Wildman–Crippen LogP) is 3.19. The van der Waals surface area contributed by atoms with E-state index < -0.39 is 21.8 Å². The van der Waals surface area contributed by atoms with Crippen LogP contribution >= 0.6 is 0 Å². The maximum absolute atomic E-state index is 12.9. The van der Waals surface area contributed by atoms with Gasteiger partial charge in [-0.2, -0.15) is 18.3 Å². The van der Waals surface area contributed by atoms with Crippen molar-refractivity contribution in [1.82, 2.24) is 0 Å². The average Bonchev–Trinajstić information content (AvgIpc) is 2.51. The summed E-state index contributed by atoms with van der Waals surface area (Å²) in [6.07, 6.45) is -4.50. The Bertz CT molecular complexity index is 860. The second kappa shape index (κ2) is 6.62. The van der Waals surface area contributed by atoms with E-state index in [1.54, 1.807) is 6.92 Å². The molecule has 3 N–H and O–H groups in total. The normalized spacial score (nSPS) is 13.0. The zero-order chi connectivity index (χ0) is 18.0. The van der Waals surface area contributed by atoms with E-state index in [0.717, 1.165) is 6.07 Å². The molecule has 0 saturated heterocycles.